The third-order valence-corrected chi connectivity index (χ3v) is 6.62. The second kappa shape index (κ2) is 9.84. The Morgan fingerprint density at radius 3 is 2.00 bits per heavy atom. The number of phosphoric acid groups is 1. The van der Waals surface area contributed by atoms with Crippen molar-refractivity contribution in [3.63, 3.8) is 0 Å². The van der Waals surface area contributed by atoms with Crippen LogP contribution in [0.5, 0.6) is 0 Å². The van der Waals surface area contributed by atoms with E-state index < -0.39 is 91.9 Å². The van der Waals surface area contributed by atoms with E-state index in [4.69, 9.17) is 9.47 Å². The lowest BCUT2D eigenvalue weighted by Crippen LogP contribution is -2.51. The van der Waals surface area contributed by atoms with Gasteiger partial charge in [0, 0.05) is 30.9 Å². The molecule has 2 saturated heterocycles. The number of nitrogens with one attached hydrogen (secondary N) is 2. The molecule has 4 heterocycles. The van der Waals surface area contributed by atoms with Crippen molar-refractivity contribution in [2.75, 3.05) is 6.61 Å². The molecule has 18 nitrogen and oxygen atoms in total. The average molecular weight is 549 g/mol. The molecule has 0 amide bonds. The highest BCUT2D eigenvalue weighted by Gasteiger charge is 2.60. The highest BCUT2D eigenvalue weighted by Crippen LogP contribution is 2.48. The van der Waals surface area contributed by atoms with Gasteiger partial charge < -0.3 is 44.2 Å². The van der Waals surface area contributed by atoms with Gasteiger partial charge in [0.2, 0.25) is 0 Å². The first-order valence-corrected chi connectivity index (χ1v) is 12.1. The fourth-order valence-corrected chi connectivity index (χ4v) is 5.04. The number of ether oxygens (including phenoxy) is 2. The van der Waals surface area contributed by atoms with E-state index in [1.54, 1.807) is 0 Å². The lowest BCUT2D eigenvalue weighted by atomic mass is 9.88. The van der Waals surface area contributed by atoms with E-state index in [0.29, 0.717) is 4.57 Å². The maximum absolute atomic E-state index is 12.3. The van der Waals surface area contributed by atoms with Gasteiger partial charge in [0.1, 0.15) is 30.0 Å². The van der Waals surface area contributed by atoms with Gasteiger partial charge in [-0.3, -0.25) is 33.3 Å². The molecule has 9 atom stereocenters. The number of rotatable bonds is 7. The van der Waals surface area contributed by atoms with Crippen molar-refractivity contribution in [3.05, 3.63) is 66.2 Å². The second-order valence-electron chi connectivity index (χ2n) is 8.50. The summed E-state index contributed by atoms with van der Waals surface area (Å²) in [6.07, 6.45) is -11.3. The molecular formula is C18H22N4O14P-. The van der Waals surface area contributed by atoms with E-state index in [2.05, 4.69) is 4.52 Å². The van der Waals surface area contributed by atoms with E-state index in [9.17, 15) is 54.0 Å². The molecule has 0 aliphatic carbocycles. The number of nitrogens with zero attached hydrogens (tertiary/aromatic N) is 2. The number of hydrogen-bond donors (Lipinski definition) is 7. The number of aromatic amines is 2. The Labute approximate surface area is 204 Å². The minimum absolute atomic E-state index is 0.663. The first-order chi connectivity index (χ1) is 17.3. The molecule has 0 radical (unpaired) electrons. The summed E-state index contributed by atoms with van der Waals surface area (Å²) in [5.41, 5.74) is -5.90. The Kier molecular flexibility index (Phi) is 7.25. The third kappa shape index (κ3) is 5.16. The predicted molar refractivity (Wildman–Crippen MR) is 114 cm³/mol. The quantitative estimate of drug-likeness (QED) is 0.159. The summed E-state index contributed by atoms with van der Waals surface area (Å²) < 4.78 is 28.8. The molecule has 0 spiro atoms. The van der Waals surface area contributed by atoms with Crippen LogP contribution < -0.4 is 27.4 Å². The Bertz CT molecular complexity index is 1430. The summed E-state index contributed by atoms with van der Waals surface area (Å²) in [5, 5.41) is 42.1. The number of phosphoric ester groups is 1. The monoisotopic (exact) mass is 549 g/mol. The van der Waals surface area contributed by atoms with Crippen molar-refractivity contribution < 1.29 is 48.8 Å². The number of aliphatic hydroxyl groups excluding tert-OH is 4. The van der Waals surface area contributed by atoms with Gasteiger partial charge in [-0.15, -0.1) is 0 Å². The van der Waals surface area contributed by atoms with Crippen LogP contribution in [0.3, 0.4) is 0 Å². The van der Waals surface area contributed by atoms with Crippen LogP contribution in [0.4, 0.5) is 0 Å². The molecule has 0 bridgehead atoms. The SMILES string of the molecule is O=c1ccn(C2OC(CC3(CO)OC(n4ccc(=O)[nH]c4=O)C(O)C3OP(=O)([O-])O)C(O)C2O)c(=O)[nH]1. The molecule has 2 aromatic heterocycles. The van der Waals surface area contributed by atoms with Gasteiger partial charge in [-0.05, 0) is 0 Å². The lowest BCUT2D eigenvalue weighted by molar-refractivity contribution is -0.234. The van der Waals surface area contributed by atoms with Crippen molar-refractivity contribution >= 4 is 7.82 Å². The maximum Gasteiger partial charge on any atom is 0.330 e. The van der Waals surface area contributed by atoms with Crippen molar-refractivity contribution in [3.8, 4) is 0 Å². The Hall–Kier alpha value is -2.77. The standard InChI is InChI=1S/C18H23N4O14P/c23-6-18(5-7-10(26)11(27)14(34-7)21-3-1-8(24)19-16(21)29)13(36-37(31,32)33)12(28)15(35-18)22-4-2-9(25)20-17(22)30/h1-4,7,10-15,23,26-28H,5-6H2,(H,19,24,29)(H,20,25,30)(H2,31,32,33)/p-1. The Balaban J connectivity index is 1.70. The summed E-state index contributed by atoms with van der Waals surface area (Å²) in [7, 11) is -5.60. The highest BCUT2D eigenvalue weighted by molar-refractivity contribution is 7.44. The van der Waals surface area contributed by atoms with Crippen LogP contribution in [-0.2, 0) is 18.6 Å². The molecule has 2 aliphatic rings. The molecule has 0 aromatic carbocycles. The van der Waals surface area contributed by atoms with Gasteiger partial charge >= 0.3 is 11.4 Å². The van der Waals surface area contributed by atoms with Crippen molar-refractivity contribution in [1.82, 2.24) is 19.1 Å². The molecule has 2 aromatic rings. The Morgan fingerprint density at radius 1 is 0.973 bits per heavy atom. The largest absolute Gasteiger partial charge is 0.756 e. The Morgan fingerprint density at radius 2 is 1.51 bits per heavy atom. The molecule has 7 N–H and O–H groups in total. The highest BCUT2D eigenvalue weighted by atomic mass is 31.2. The van der Waals surface area contributed by atoms with Gasteiger partial charge in [-0.1, -0.05) is 0 Å². The van der Waals surface area contributed by atoms with E-state index in [0.717, 1.165) is 29.1 Å². The molecule has 0 saturated carbocycles. The summed E-state index contributed by atoms with van der Waals surface area (Å²) in [6, 6.07) is 1.84. The summed E-state index contributed by atoms with van der Waals surface area (Å²) in [5.74, 6) is 0. The predicted octanol–water partition coefficient (Wildman–Crippen LogP) is -5.44. The zero-order valence-corrected chi connectivity index (χ0v) is 19.4. The van der Waals surface area contributed by atoms with Crippen LogP contribution in [0.1, 0.15) is 18.9 Å². The minimum Gasteiger partial charge on any atom is -0.756 e. The first kappa shape index (κ1) is 27.3. The molecule has 204 valence electrons. The molecule has 2 aliphatic heterocycles. The average Bonchev–Trinajstić information content (AvgIpc) is 3.22. The maximum atomic E-state index is 12.3. The number of aliphatic hydroxyl groups is 4. The van der Waals surface area contributed by atoms with E-state index in [-0.39, 0.29) is 0 Å². The summed E-state index contributed by atoms with van der Waals surface area (Å²) >= 11 is 0. The smallest absolute Gasteiger partial charge is 0.330 e. The fraction of sp³-hybridized carbons (Fsp3) is 0.556. The van der Waals surface area contributed by atoms with Crippen LogP contribution >= 0.6 is 7.82 Å². The molecular weight excluding hydrogens is 527 g/mol. The first-order valence-electron chi connectivity index (χ1n) is 10.6. The number of hydrogen-bond acceptors (Lipinski definition) is 13. The van der Waals surface area contributed by atoms with Crippen LogP contribution in [0, 0.1) is 0 Å². The molecule has 37 heavy (non-hydrogen) atoms. The zero-order valence-electron chi connectivity index (χ0n) is 18.5. The van der Waals surface area contributed by atoms with Gasteiger partial charge in [-0.2, -0.15) is 0 Å². The van der Waals surface area contributed by atoms with E-state index >= 15 is 0 Å². The molecule has 4 rings (SSSR count). The number of H-pyrrole nitrogens is 2. The second-order valence-corrected chi connectivity index (χ2v) is 9.65. The topological polar surface area (TPSA) is 279 Å². The van der Waals surface area contributed by atoms with Crippen molar-refractivity contribution in [2.45, 2.75) is 55.0 Å². The van der Waals surface area contributed by atoms with Crippen LogP contribution in [0.25, 0.3) is 0 Å². The molecule has 9 unspecified atom stereocenters. The molecule has 2 fully saturated rings. The van der Waals surface area contributed by atoms with Gasteiger partial charge in [-0.25, -0.2) is 9.59 Å². The normalized spacial score (nSPS) is 35.5. The van der Waals surface area contributed by atoms with Crippen molar-refractivity contribution in [2.24, 2.45) is 0 Å². The van der Waals surface area contributed by atoms with Crippen molar-refractivity contribution in [1.29, 1.82) is 0 Å². The van der Waals surface area contributed by atoms with Crippen LogP contribution in [0.2, 0.25) is 0 Å². The van der Waals surface area contributed by atoms with Crippen LogP contribution in [0.15, 0.2) is 43.7 Å². The van der Waals surface area contributed by atoms with E-state index in [1.165, 1.54) is 0 Å². The van der Waals surface area contributed by atoms with Gasteiger partial charge in [0.05, 0.1) is 12.7 Å². The van der Waals surface area contributed by atoms with Gasteiger partial charge in [0.25, 0.3) is 18.9 Å². The minimum atomic E-state index is -5.60. The van der Waals surface area contributed by atoms with Gasteiger partial charge in [0.15, 0.2) is 12.5 Å². The summed E-state index contributed by atoms with van der Waals surface area (Å²) in [6.45, 7) is -1.13. The van der Waals surface area contributed by atoms with Crippen LogP contribution in [-0.4, -0.2) is 87.1 Å². The fourth-order valence-electron chi connectivity index (χ4n) is 4.44. The summed E-state index contributed by atoms with van der Waals surface area (Å²) in [4.78, 5) is 71.8. The van der Waals surface area contributed by atoms with E-state index in [1.807, 2.05) is 9.97 Å². The molecule has 19 heteroatoms. The zero-order chi connectivity index (χ0) is 27.3. The third-order valence-electron chi connectivity index (χ3n) is 6.13. The lowest BCUT2D eigenvalue weighted by Gasteiger charge is -2.36. The number of aromatic nitrogens is 4.